The van der Waals surface area contributed by atoms with E-state index in [0.717, 1.165) is 11.1 Å². The van der Waals surface area contributed by atoms with Crippen molar-refractivity contribution in [1.82, 2.24) is 10.6 Å². The van der Waals surface area contributed by atoms with Crippen LogP contribution < -0.4 is 35.6 Å². The third-order valence-electron chi connectivity index (χ3n) is 7.69. The van der Waals surface area contributed by atoms with Gasteiger partial charge in [0.2, 0.25) is 23.0 Å². The van der Waals surface area contributed by atoms with E-state index in [4.69, 9.17) is 18.9 Å². The topological polar surface area (TPSA) is 141 Å². The first kappa shape index (κ1) is 34.2. The summed E-state index contributed by atoms with van der Waals surface area (Å²) >= 11 is 0. The molecule has 0 unspecified atom stereocenters. The zero-order valence-electron chi connectivity index (χ0n) is 27.1. The van der Waals surface area contributed by atoms with Gasteiger partial charge in [-0.15, -0.1) is 0 Å². The molecular formula is C33H45N3O8. The van der Waals surface area contributed by atoms with Gasteiger partial charge in [0.15, 0.2) is 11.5 Å². The number of ether oxygens (including phenoxy) is 4. The second kappa shape index (κ2) is 14.9. The molecular weight excluding hydrogens is 566 g/mol. The van der Waals surface area contributed by atoms with Crippen LogP contribution in [0.1, 0.15) is 64.6 Å². The SMILES string of the molecule is COC(=O)[C@H](CC(C)C)NC(=O)[C@@H](Nc1ccc2c(cc1=O)[C@@H](NC(C)=O)CCc1cc(OC)c(OC)c(OC)c1-2)C(C)C. The lowest BCUT2D eigenvalue weighted by atomic mass is 9.95. The van der Waals surface area contributed by atoms with Crippen LogP contribution in [0.15, 0.2) is 29.1 Å². The van der Waals surface area contributed by atoms with E-state index in [2.05, 4.69) is 16.0 Å². The van der Waals surface area contributed by atoms with E-state index in [1.54, 1.807) is 19.2 Å². The van der Waals surface area contributed by atoms with Crippen LogP contribution >= 0.6 is 0 Å². The zero-order valence-corrected chi connectivity index (χ0v) is 27.1. The van der Waals surface area contributed by atoms with E-state index in [1.165, 1.54) is 34.3 Å². The Morgan fingerprint density at radius 3 is 2.18 bits per heavy atom. The predicted octanol–water partition coefficient (Wildman–Crippen LogP) is 4.00. The molecule has 0 spiro atoms. The Balaban J connectivity index is 2.17. The summed E-state index contributed by atoms with van der Waals surface area (Å²) in [6.45, 7) is 9.03. The lowest BCUT2D eigenvalue weighted by molar-refractivity contribution is -0.145. The molecule has 11 heteroatoms. The van der Waals surface area contributed by atoms with E-state index < -0.39 is 30.0 Å². The number of anilines is 1. The van der Waals surface area contributed by atoms with Gasteiger partial charge in [0, 0.05) is 12.5 Å². The highest BCUT2D eigenvalue weighted by molar-refractivity contribution is 5.90. The summed E-state index contributed by atoms with van der Waals surface area (Å²) in [4.78, 5) is 51.9. The van der Waals surface area contributed by atoms with Gasteiger partial charge in [0.05, 0.1) is 40.2 Å². The molecule has 0 aliphatic heterocycles. The average Bonchev–Trinajstić information content (AvgIpc) is 3.21. The highest BCUT2D eigenvalue weighted by Crippen LogP contribution is 2.50. The van der Waals surface area contributed by atoms with Crippen molar-refractivity contribution >= 4 is 23.5 Å². The smallest absolute Gasteiger partial charge is 0.328 e. The molecule has 3 atom stereocenters. The highest BCUT2D eigenvalue weighted by Gasteiger charge is 2.31. The monoisotopic (exact) mass is 611 g/mol. The number of nitrogens with one attached hydrogen (secondary N) is 3. The number of carbonyl (C=O) groups is 3. The van der Waals surface area contributed by atoms with Crippen molar-refractivity contribution in [1.29, 1.82) is 0 Å². The van der Waals surface area contributed by atoms with Gasteiger partial charge in [0.25, 0.3) is 0 Å². The number of rotatable bonds is 12. The Kier molecular flexibility index (Phi) is 11.6. The van der Waals surface area contributed by atoms with E-state index in [1.807, 2.05) is 33.8 Å². The maximum Gasteiger partial charge on any atom is 0.328 e. The minimum Gasteiger partial charge on any atom is -0.493 e. The summed E-state index contributed by atoms with van der Waals surface area (Å²) in [5.41, 5.74) is 2.73. The molecule has 3 N–H and O–H groups in total. The van der Waals surface area contributed by atoms with Gasteiger partial charge in [-0.05, 0) is 66.0 Å². The van der Waals surface area contributed by atoms with Crippen LogP contribution in [0.25, 0.3) is 11.1 Å². The minimum atomic E-state index is -0.832. The predicted molar refractivity (Wildman–Crippen MR) is 168 cm³/mol. The van der Waals surface area contributed by atoms with Crippen LogP contribution in [-0.2, 0) is 25.5 Å². The first-order chi connectivity index (χ1) is 20.9. The van der Waals surface area contributed by atoms with Crippen LogP contribution in [0, 0.1) is 11.8 Å². The van der Waals surface area contributed by atoms with Crippen molar-refractivity contribution < 1.29 is 33.3 Å². The van der Waals surface area contributed by atoms with Crippen LogP contribution in [0.4, 0.5) is 5.69 Å². The van der Waals surface area contributed by atoms with Gasteiger partial charge >= 0.3 is 5.97 Å². The number of esters is 1. The molecule has 3 rings (SSSR count). The van der Waals surface area contributed by atoms with E-state index in [9.17, 15) is 19.2 Å². The van der Waals surface area contributed by atoms with Crippen molar-refractivity contribution in [2.75, 3.05) is 33.8 Å². The number of hydrogen-bond donors (Lipinski definition) is 3. The fraction of sp³-hybridized carbons (Fsp3) is 0.515. The van der Waals surface area contributed by atoms with Gasteiger partial charge in [-0.1, -0.05) is 33.8 Å². The number of aryl methyl sites for hydroxylation is 1. The van der Waals surface area contributed by atoms with Gasteiger partial charge < -0.3 is 34.9 Å². The first-order valence-electron chi connectivity index (χ1n) is 14.8. The Labute approximate surface area is 259 Å². The molecule has 0 saturated heterocycles. The van der Waals surface area contributed by atoms with Gasteiger partial charge in [-0.25, -0.2) is 4.79 Å². The molecule has 240 valence electrons. The molecule has 1 aliphatic rings. The molecule has 2 amide bonds. The number of fused-ring (bicyclic) bond motifs is 3. The quantitative estimate of drug-likeness (QED) is 0.304. The molecule has 0 heterocycles. The molecule has 1 aliphatic carbocycles. The van der Waals surface area contributed by atoms with E-state index in [-0.39, 0.29) is 28.9 Å². The van der Waals surface area contributed by atoms with Crippen LogP contribution in [0.5, 0.6) is 17.2 Å². The van der Waals surface area contributed by atoms with Crippen molar-refractivity contribution in [3.63, 3.8) is 0 Å². The normalized spacial score (nSPS) is 15.2. The minimum absolute atomic E-state index is 0.136. The summed E-state index contributed by atoms with van der Waals surface area (Å²) in [6, 6.07) is 4.68. The summed E-state index contributed by atoms with van der Waals surface area (Å²) in [5, 5.41) is 8.92. The third-order valence-corrected chi connectivity index (χ3v) is 7.69. The van der Waals surface area contributed by atoms with Gasteiger partial charge in [-0.3, -0.25) is 14.4 Å². The molecule has 0 radical (unpaired) electrons. The standard InChI is InChI=1S/C33H45N3O8/c1-17(2)14-25(33(40)44-9)36-32(39)29(18(3)4)35-24-13-11-21-22(16-26(24)38)23(34-19(5)37)12-10-20-15-27(41-6)30(42-7)31(43-8)28(20)21/h11,13,15-18,23,25,29H,10,12,14H2,1-9H3,(H,34,37)(H,35,38)(H,36,39)/t23-,25-,29-/m0/s1. The Bertz CT molecular complexity index is 1440. The average molecular weight is 612 g/mol. The number of amides is 2. The number of methoxy groups -OCH3 is 4. The van der Waals surface area contributed by atoms with Crippen LogP contribution in [0.2, 0.25) is 0 Å². The largest absolute Gasteiger partial charge is 0.493 e. The molecule has 0 saturated carbocycles. The first-order valence-corrected chi connectivity index (χ1v) is 14.8. The molecule has 44 heavy (non-hydrogen) atoms. The van der Waals surface area contributed by atoms with Crippen LogP contribution in [-0.4, -0.2) is 58.3 Å². The molecule has 0 fully saturated rings. The Morgan fingerprint density at radius 2 is 1.64 bits per heavy atom. The molecule has 2 aromatic carbocycles. The lowest BCUT2D eigenvalue weighted by Crippen LogP contribution is -2.50. The molecule has 0 bridgehead atoms. The third kappa shape index (κ3) is 7.62. The fourth-order valence-electron chi connectivity index (χ4n) is 5.62. The molecule has 0 aromatic heterocycles. The van der Waals surface area contributed by atoms with Crippen LogP contribution in [0.3, 0.4) is 0 Å². The van der Waals surface area contributed by atoms with Gasteiger partial charge in [-0.2, -0.15) is 0 Å². The zero-order chi connectivity index (χ0) is 32.7. The second-order valence-electron chi connectivity index (χ2n) is 11.7. The van der Waals surface area contributed by atoms with E-state index >= 15 is 0 Å². The van der Waals surface area contributed by atoms with E-state index in [0.29, 0.717) is 47.6 Å². The second-order valence-corrected chi connectivity index (χ2v) is 11.7. The summed E-state index contributed by atoms with van der Waals surface area (Å²) in [7, 11) is 5.89. The van der Waals surface area contributed by atoms with Crippen molar-refractivity contribution in [2.45, 2.75) is 72.0 Å². The highest BCUT2D eigenvalue weighted by atomic mass is 16.5. The van der Waals surface area contributed by atoms with Gasteiger partial charge in [0.1, 0.15) is 12.1 Å². The number of benzene rings is 1. The maximum atomic E-state index is 13.8. The Morgan fingerprint density at radius 1 is 0.955 bits per heavy atom. The summed E-state index contributed by atoms with van der Waals surface area (Å²) < 4.78 is 22.0. The van der Waals surface area contributed by atoms with Crippen molar-refractivity contribution in [3.8, 4) is 28.4 Å². The van der Waals surface area contributed by atoms with Crippen molar-refractivity contribution in [3.05, 3.63) is 45.6 Å². The van der Waals surface area contributed by atoms with Crippen molar-refractivity contribution in [2.24, 2.45) is 11.8 Å². The fourth-order valence-corrected chi connectivity index (χ4v) is 5.62. The number of hydrogen-bond acceptors (Lipinski definition) is 9. The summed E-state index contributed by atoms with van der Waals surface area (Å²) in [6.07, 6.45) is 1.50. The molecule has 11 nitrogen and oxygen atoms in total. The summed E-state index contributed by atoms with van der Waals surface area (Å²) in [5.74, 6) is 0.0615. The Hall–Kier alpha value is -4.28. The number of carbonyl (C=O) groups excluding carboxylic acids is 3. The lowest BCUT2D eigenvalue weighted by Gasteiger charge is -2.25. The maximum absolute atomic E-state index is 13.8. The molecule has 2 aromatic rings.